The highest BCUT2D eigenvalue weighted by atomic mass is 16.5. The van der Waals surface area contributed by atoms with Gasteiger partial charge in [-0.1, -0.05) is 48.5 Å². The van der Waals surface area contributed by atoms with Crippen LogP contribution in [-0.2, 0) is 0 Å². The molecule has 0 aromatic heterocycles. The van der Waals surface area contributed by atoms with E-state index in [2.05, 4.69) is 0 Å². The van der Waals surface area contributed by atoms with Crippen LogP contribution in [0.5, 0.6) is 11.5 Å². The first kappa shape index (κ1) is 18.9. The molecule has 0 fully saturated rings. The molecule has 0 heterocycles. The van der Waals surface area contributed by atoms with Gasteiger partial charge in [-0.3, -0.25) is 9.59 Å². The fourth-order valence-corrected chi connectivity index (χ4v) is 4.28. The molecular formula is C25H22O4. The predicted octanol–water partition coefficient (Wildman–Crippen LogP) is 4.92. The quantitative estimate of drug-likeness (QED) is 0.584. The summed E-state index contributed by atoms with van der Waals surface area (Å²) in [5.41, 5.74) is 1.45. The van der Waals surface area contributed by atoms with Crippen molar-refractivity contribution >= 4 is 11.6 Å². The third kappa shape index (κ3) is 2.92. The molecule has 1 aliphatic rings. The van der Waals surface area contributed by atoms with Crippen LogP contribution in [0.1, 0.15) is 44.7 Å². The van der Waals surface area contributed by atoms with Gasteiger partial charge in [0.25, 0.3) is 0 Å². The van der Waals surface area contributed by atoms with Gasteiger partial charge in [-0.05, 0) is 42.3 Å². The zero-order chi connectivity index (χ0) is 20.6. The fourth-order valence-electron chi connectivity index (χ4n) is 4.28. The zero-order valence-electron chi connectivity index (χ0n) is 16.6. The van der Waals surface area contributed by atoms with Crippen molar-refractivity contribution in [2.45, 2.75) is 12.8 Å². The molecule has 1 unspecified atom stereocenters. The molecule has 4 heteroatoms. The molecule has 4 nitrogen and oxygen atoms in total. The second kappa shape index (κ2) is 7.21. The van der Waals surface area contributed by atoms with Crippen molar-refractivity contribution in [3.8, 4) is 11.5 Å². The van der Waals surface area contributed by atoms with Crippen molar-refractivity contribution in [1.82, 2.24) is 0 Å². The van der Waals surface area contributed by atoms with Crippen molar-refractivity contribution in [3.05, 3.63) is 95.1 Å². The molecule has 3 aromatic rings. The largest absolute Gasteiger partial charge is 0.497 e. The van der Waals surface area contributed by atoms with Crippen LogP contribution in [0.2, 0.25) is 0 Å². The number of benzene rings is 3. The Morgan fingerprint density at radius 1 is 0.690 bits per heavy atom. The normalized spacial score (nSPS) is 15.7. The van der Waals surface area contributed by atoms with Gasteiger partial charge >= 0.3 is 0 Å². The van der Waals surface area contributed by atoms with Crippen molar-refractivity contribution in [3.63, 3.8) is 0 Å². The lowest BCUT2D eigenvalue weighted by molar-refractivity contribution is 0.0697. The lowest BCUT2D eigenvalue weighted by Crippen LogP contribution is -2.37. The molecule has 0 amide bonds. The van der Waals surface area contributed by atoms with Crippen LogP contribution in [0.3, 0.4) is 0 Å². The first-order valence-electron chi connectivity index (χ1n) is 9.47. The Bertz CT molecular complexity index is 1050. The molecule has 29 heavy (non-hydrogen) atoms. The van der Waals surface area contributed by atoms with E-state index in [-0.39, 0.29) is 11.6 Å². The fraction of sp³-hybridized carbons (Fsp3) is 0.200. The van der Waals surface area contributed by atoms with Crippen LogP contribution < -0.4 is 9.47 Å². The predicted molar refractivity (Wildman–Crippen MR) is 111 cm³/mol. The summed E-state index contributed by atoms with van der Waals surface area (Å²) in [7, 11) is 3.21. The zero-order valence-corrected chi connectivity index (χ0v) is 16.6. The van der Waals surface area contributed by atoms with Crippen molar-refractivity contribution in [1.29, 1.82) is 0 Å². The maximum Gasteiger partial charge on any atom is 0.178 e. The number of Topliss-reactive ketones (excluding diaryl/α,β-unsaturated/α-hetero) is 2. The lowest BCUT2D eigenvalue weighted by Gasteiger charge is -2.32. The molecule has 1 aliphatic carbocycles. The highest BCUT2D eigenvalue weighted by Gasteiger charge is 2.54. The second-order valence-electron chi connectivity index (χ2n) is 7.39. The van der Waals surface area contributed by atoms with Gasteiger partial charge in [0.05, 0.1) is 14.2 Å². The van der Waals surface area contributed by atoms with Crippen LogP contribution in [-0.4, -0.2) is 25.8 Å². The first-order chi connectivity index (χ1) is 14.0. The molecule has 146 valence electrons. The minimum Gasteiger partial charge on any atom is -0.497 e. The summed E-state index contributed by atoms with van der Waals surface area (Å²) in [6.07, 6.45) is 0. The van der Waals surface area contributed by atoms with E-state index in [9.17, 15) is 9.59 Å². The third-order valence-electron chi connectivity index (χ3n) is 5.81. The van der Waals surface area contributed by atoms with Crippen LogP contribution in [0, 0.1) is 5.41 Å². The summed E-state index contributed by atoms with van der Waals surface area (Å²) in [6.45, 7) is 1.76. The second-order valence-corrected chi connectivity index (χ2v) is 7.39. The van der Waals surface area contributed by atoms with Crippen LogP contribution in [0.25, 0.3) is 0 Å². The minimum atomic E-state index is -1.25. The Balaban J connectivity index is 1.93. The SMILES string of the molecule is COc1ccc(C(c2cccc(OC)c2)C2(C)C(=O)c3ccccc3C2=O)cc1. The van der Waals surface area contributed by atoms with Gasteiger partial charge in [0.2, 0.25) is 0 Å². The van der Waals surface area contributed by atoms with Gasteiger partial charge in [-0.2, -0.15) is 0 Å². The highest BCUT2D eigenvalue weighted by molar-refractivity contribution is 6.30. The summed E-state index contributed by atoms with van der Waals surface area (Å²) >= 11 is 0. The maximum absolute atomic E-state index is 13.5. The molecule has 0 spiro atoms. The van der Waals surface area contributed by atoms with Gasteiger partial charge in [-0.15, -0.1) is 0 Å². The number of fused-ring (bicyclic) bond motifs is 1. The average molecular weight is 386 g/mol. The van der Waals surface area contributed by atoms with Crippen LogP contribution in [0.4, 0.5) is 0 Å². The highest BCUT2D eigenvalue weighted by Crippen LogP contribution is 2.50. The summed E-state index contributed by atoms with van der Waals surface area (Å²) in [5.74, 6) is 0.634. The topological polar surface area (TPSA) is 52.6 Å². The number of methoxy groups -OCH3 is 2. The van der Waals surface area contributed by atoms with E-state index in [4.69, 9.17) is 9.47 Å². The monoisotopic (exact) mass is 386 g/mol. The standard InChI is InChI=1S/C25H22O4/c1-25(23(26)20-9-4-5-10-21(20)24(25)27)22(16-11-13-18(28-2)14-12-16)17-7-6-8-19(15-17)29-3/h4-15,22H,1-3H3. The van der Waals surface area contributed by atoms with Gasteiger partial charge in [0.15, 0.2) is 11.6 Å². The summed E-state index contributed by atoms with van der Waals surface area (Å²) in [6, 6.07) is 22.1. The summed E-state index contributed by atoms with van der Waals surface area (Å²) in [5, 5.41) is 0. The van der Waals surface area contributed by atoms with E-state index in [0.717, 1.165) is 16.9 Å². The lowest BCUT2D eigenvalue weighted by atomic mass is 9.67. The molecule has 0 aliphatic heterocycles. The first-order valence-corrected chi connectivity index (χ1v) is 9.47. The molecule has 3 aromatic carbocycles. The number of hydrogen-bond acceptors (Lipinski definition) is 4. The van der Waals surface area contributed by atoms with Crippen LogP contribution in [0.15, 0.2) is 72.8 Å². The Hall–Kier alpha value is -3.40. The Kier molecular flexibility index (Phi) is 4.71. The van der Waals surface area contributed by atoms with E-state index in [1.165, 1.54) is 0 Å². The smallest absolute Gasteiger partial charge is 0.178 e. The van der Waals surface area contributed by atoms with E-state index >= 15 is 0 Å². The molecule has 0 saturated carbocycles. The third-order valence-corrected chi connectivity index (χ3v) is 5.81. The number of hydrogen-bond donors (Lipinski definition) is 0. The number of carbonyl (C=O) groups excluding carboxylic acids is 2. The minimum absolute atomic E-state index is 0.151. The van der Waals surface area contributed by atoms with Crippen LogP contribution >= 0.6 is 0 Å². The Morgan fingerprint density at radius 2 is 1.28 bits per heavy atom. The van der Waals surface area contributed by atoms with Crippen molar-refractivity contribution in [2.75, 3.05) is 14.2 Å². The number of carbonyl (C=O) groups is 2. The van der Waals surface area contributed by atoms with E-state index in [0.29, 0.717) is 16.9 Å². The van der Waals surface area contributed by atoms with Crippen molar-refractivity contribution in [2.24, 2.45) is 5.41 Å². The van der Waals surface area contributed by atoms with E-state index in [1.807, 2.05) is 48.5 Å². The van der Waals surface area contributed by atoms with Gasteiger partial charge in [-0.25, -0.2) is 0 Å². The molecule has 0 saturated heterocycles. The Labute approximate surface area is 170 Å². The Morgan fingerprint density at radius 3 is 1.83 bits per heavy atom. The number of ether oxygens (including phenoxy) is 2. The molecule has 0 bridgehead atoms. The average Bonchev–Trinajstić information content (AvgIpc) is 2.96. The van der Waals surface area contributed by atoms with E-state index in [1.54, 1.807) is 45.4 Å². The summed E-state index contributed by atoms with van der Waals surface area (Å²) in [4.78, 5) is 27.0. The number of ketones is 2. The van der Waals surface area contributed by atoms with E-state index < -0.39 is 11.3 Å². The molecule has 4 rings (SSSR count). The molecule has 1 atom stereocenters. The van der Waals surface area contributed by atoms with Gasteiger partial charge in [0, 0.05) is 17.0 Å². The van der Waals surface area contributed by atoms with Crippen molar-refractivity contribution < 1.29 is 19.1 Å². The maximum atomic E-state index is 13.5. The molecule has 0 N–H and O–H groups in total. The molecule has 0 radical (unpaired) electrons. The number of rotatable bonds is 5. The summed E-state index contributed by atoms with van der Waals surface area (Å²) < 4.78 is 10.7. The molecular weight excluding hydrogens is 364 g/mol. The van der Waals surface area contributed by atoms with Gasteiger partial charge in [0.1, 0.15) is 16.9 Å². The van der Waals surface area contributed by atoms with Gasteiger partial charge < -0.3 is 9.47 Å².